The van der Waals surface area contributed by atoms with Crippen LogP contribution in [0.3, 0.4) is 0 Å². The number of carbonyl (C=O) groups is 1. The number of nitrogens with zero attached hydrogens (tertiary/aromatic N) is 4. The largest absolute Gasteiger partial charge is 0.326 e. The van der Waals surface area contributed by atoms with Crippen molar-refractivity contribution < 1.29 is 4.79 Å². The van der Waals surface area contributed by atoms with E-state index in [4.69, 9.17) is 0 Å². The lowest BCUT2D eigenvalue weighted by Crippen LogP contribution is -2.30. The molecule has 27 heavy (non-hydrogen) atoms. The Morgan fingerprint density at radius 3 is 2.37 bits per heavy atom. The van der Waals surface area contributed by atoms with Gasteiger partial charge in [0.15, 0.2) is 0 Å². The molecular formula is C22H20N4O. The number of aromatic nitrogens is 2. The van der Waals surface area contributed by atoms with E-state index in [0.29, 0.717) is 18.1 Å². The zero-order valence-corrected chi connectivity index (χ0v) is 15.2. The van der Waals surface area contributed by atoms with Crippen molar-refractivity contribution in [2.45, 2.75) is 19.8 Å². The lowest BCUT2D eigenvalue weighted by atomic mass is 10.2. The molecule has 0 fully saturated rings. The summed E-state index contributed by atoms with van der Waals surface area (Å²) in [5.41, 5.74) is 5.14. The molecule has 0 saturated heterocycles. The molecule has 3 aromatic rings. The Morgan fingerprint density at radius 1 is 0.889 bits per heavy atom. The second-order valence-electron chi connectivity index (χ2n) is 7.02. The zero-order valence-electron chi connectivity index (χ0n) is 15.2. The van der Waals surface area contributed by atoms with Gasteiger partial charge in [-0.2, -0.15) is 0 Å². The van der Waals surface area contributed by atoms with Crippen LogP contribution >= 0.6 is 0 Å². The van der Waals surface area contributed by atoms with E-state index in [-0.39, 0.29) is 5.91 Å². The summed E-state index contributed by atoms with van der Waals surface area (Å²) >= 11 is 0. The first kappa shape index (κ1) is 16.0. The van der Waals surface area contributed by atoms with Crippen molar-refractivity contribution in [3.63, 3.8) is 0 Å². The molecule has 0 saturated carbocycles. The van der Waals surface area contributed by atoms with Crippen LogP contribution in [0.15, 0.2) is 54.6 Å². The molecule has 1 amide bonds. The van der Waals surface area contributed by atoms with E-state index < -0.39 is 0 Å². The van der Waals surface area contributed by atoms with Crippen LogP contribution in [0.5, 0.6) is 0 Å². The minimum absolute atomic E-state index is 0.0563. The number of hydrogen-bond donors (Lipinski definition) is 0. The number of para-hydroxylation sites is 2. The second kappa shape index (κ2) is 6.20. The summed E-state index contributed by atoms with van der Waals surface area (Å²) in [4.78, 5) is 26.3. The van der Waals surface area contributed by atoms with Gasteiger partial charge in [0.25, 0.3) is 5.91 Å². The molecule has 0 N–H and O–H groups in total. The lowest BCUT2D eigenvalue weighted by Gasteiger charge is -2.21. The number of benzene rings is 2. The van der Waals surface area contributed by atoms with Crippen molar-refractivity contribution in [2.24, 2.45) is 0 Å². The number of hydrogen-bond acceptors (Lipinski definition) is 4. The quantitative estimate of drug-likeness (QED) is 0.703. The van der Waals surface area contributed by atoms with Gasteiger partial charge in [0.1, 0.15) is 17.3 Å². The predicted molar refractivity (Wildman–Crippen MR) is 106 cm³/mol. The number of rotatable bonds is 2. The maximum Gasteiger partial charge on any atom is 0.277 e. The highest BCUT2D eigenvalue weighted by Crippen LogP contribution is 2.34. The third-order valence-corrected chi connectivity index (χ3v) is 5.34. The van der Waals surface area contributed by atoms with Gasteiger partial charge in [0.2, 0.25) is 0 Å². The first-order valence-electron chi connectivity index (χ1n) is 9.31. The highest BCUT2D eigenvalue weighted by Gasteiger charge is 2.28. The average Bonchev–Trinajstić information content (AvgIpc) is 3.31. The Bertz CT molecular complexity index is 1050. The molecule has 0 unspecified atom stereocenters. The van der Waals surface area contributed by atoms with Crippen LogP contribution in [0.25, 0.3) is 0 Å². The van der Waals surface area contributed by atoms with Crippen LogP contribution in [0.2, 0.25) is 0 Å². The highest BCUT2D eigenvalue weighted by molar-refractivity contribution is 6.06. The Morgan fingerprint density at radius 2 is 1.56 bits per heavy atom. The van der Waals surface area contributed by atoms with Crippen molar-refractivity contribution in [1.29, 1.82) is 0 Å². The highest BCUT2D eigenvalue weighted by atomic mass is 16.2. The first-order valence-corrected chi connectivity index (χ1v) is 9.31. The van der Waals surface area contributed by atoms with Crippen LogP contribution < -0.4 is 9.80 Å². The first-order chi connectivity index (χ1) is 13.2. The van der Waals surface area contributed by atoms with Crippen LogP contribution in [0, 0.1) is 6.92 Å². The van der Waals surface area contributed by atoms with Gasteiger partial charge >= 0.3 is 0 Å². The molecular weight excluding hydrogens is 336 g/mol. The number of amides is 1. The van der Waals surface area contributed by atoms with Gasteiger partial charge in [-0.25, -0.2) is 9.97 Å². The van der Waals surface area contributed by atoms with E-state index in [1.54, 1.807) is 0 Å². The molecule has 0 spiro atoms. The van der Waals surface area contributed by atoms with Gasteiger partial charge in [-0.05, 0) is 43.0 Å². The van der Waals surface area contributed by atoms with Gasteiger partial charge in [0.05, 0.1) is 0 Å². The maximum atomic E-state index is 13.2. The Kier molecular flexibility index (Phi) is 3.67. The van der Waals surface area contributed by atoms with E-state index in [9.17, 15) is 4.79 Å². The molecule has 2 aliphatic heterocycles. The molecule has 2 aromatic carbocycles. The number of carbonyl (C=O) groups excluding carboxylic acids is 1. The normalized spacial score (nSPS) is 15.0. The monoisotopic (exact) mass is 356 g/mol. The predicted octanol–water partition coefficient (Wildman–Crippen LogP) is 3.68. The Hall–Kier alpha value is -3.21. The molecule has 5 heteroatoms. The van der Waals surface area contributed by atoms with Gasteiger partial charge in [0, 0.05) is 30.5 Å². The average molecular weight is 356 g/mol. The molecule has 0 radical (unpaired) electrons. The van der Waals surface area contributed by atoms with E-state index in [1.807, 2.05) is 42.2 Å². The smallest absolute Gasteiger partial charge is 0.277 e. The summed E-state index contributed by atoms with van der Waals surface area (Å²) < 4.78 is 0. The zero-order chi connectivity index (χ0) is 18.4. The van der Waals surface area contributed by atoms with Crippen LogP contribution in [0.1, 0.15) is 27.4 Å². The lowest BCUT2D eigenvalue weighted by molar-refractivity contribution is 0.0984. The fourth-order valence-electron chi connectivity index (χ4n) is 4.06. The van der Waals surface area contributed by atoms with Crippen molar-refractivity contribution in [3.8, 4) is 0 Å². The molecule has 3 heterocycles. The molecule has 0 aliphatic carbocycles. The number of aryl methyl sites for hydroxylation is 1. The van der Waals surface area contributed by atoms with Crippen molar-refractivity contribution >= 4 is 23.1 Å². The van der Waals surface area contributed by atoms with Crippen molar-refractivity contribution in [2.75, 3.05) is 22.9 Å². The summed E-state index contributed by atoms with van der Waals surface area (Å²) in [6.45, 7) is 3.42. The Balaban J connectivity index is 1.51. The minimum Gasteiger partial charge on any atom is -0.326 e. The van der Waals surface area contributed by atoms with E-state index in [1.165, 1.54) is 16.8 Å². The standard InChI is InChI=1S/C22H20N4O/c1-15-23-18(22(27)26-13-11-17-7-3-5-9-20(17)26)14-21(24-15)25-12-10-16-6-2-4-8-19(16)25/h2-9,14H,10-13H2,1H3. The fourth-order valence-corrected chi connectivity index (χ4v) is 4.06. The van der Waals surface area contributed by atoms with E-state index in [0.717, 1.165) is 30.9 Å². The topological polar surface area (TPSA) is 49.3 Å². The summed E-state index contributed by atoms with van der Waals surface area (Å²) in [6.07, 6.45) is 1.88. The van der Waals surface area contributed by atoms with Gasteiger partial charge in [-0.1, -0.05) is 36.4 Å². The molecule has 0 atom stereocenters. The molecule has 1 aromatic heterocycles. The van der Waals surface area contributed by atoms with E-state index in [2.05, 4.69) is 39.1 Å². The SMILES string of the molecule is Cc1nc(C(=O)N2CCc3ccccc32)cc(N2CCc3ccccc32)n1. The van der Waals surface area contributed by atoms with E-state index >= 15 is 0 Å². The van der Waals surface area contributed by atoms with Crippen molar-refractivity contribution in [3.05, 3.63) is 77.2 Å². The number of anilines is 3. The van der Waals surface area contributed by atoms with Crippen LogP contribution in [0.4, 0.5) is 17.2 Å². The second-order valence-corrected chi connectivity index (χ2v) is 7.02. The Labute approximate surface area is 158 Å². The third-order valence-electron chi connectivity index (χ3n) is 5.34. The summed E-state index contributed by atoms with van der Waals surface area (Å²) in [7, 11) is 0. The molecule has 5 rings (SSSR count). The van der Waals surface area contributed by atoms with Gasteiger partial charge < -0.3 is 9.80 Å². The minimum atomic E-state index is -0.0563. The molecule has 2 aliphatic rings. The maximum absolute atomic E-state index is 13.2. The molecule has 134 valence electrons. The summed E-state index contributed by atoms with van der Waals surface area (Å²) in [5.74, 6) is 1.36. The number of fused-ring (bicyclic) bond motifs is 2. The molecule has 5 nitrogen and oxygen atoms in total. The van der Waals surface area contributed by atoms with Crippen molar-refractivity contribution in [1.82, 2.24) is 9.97 Å². The van der Waals surface area contributed by atoms with Gasteiger partial charge in [-0.3, -0.25) is 4.79 Å². The summed E-state index contributed by atoms with van der Waals surface area (Å²) in [5, 5.41) is 0. The van der Waals surface area contributed by atoms with Crippen LogP contribution in [-0.4, -0.2) is 29.0 Å². The summed E-state index contributed by atoms with van der Waals surface area (Å²) in [6, 6.07) is 18.3. The fraction of sp³-hybridized carbons (Fsp3) is 0.227. The van der Waals surface area contributed by atoms with Crippen LogP contribution in [-0.2, 0) is 12.8 Å². The van der Waals surface area contributed by atoms with Gasteiger partial charge in [-0.15, -0.1) is 0 Å². The molecule has 0 bridgehead atoms. The third kappa shape index (κ3) is 2.67.